The zero-order chi connectivity index (χ0) is 12.4. The molecule has 2 N–H and O–H groups in total. The van der Waals surface area contributed by atoms with Crippen LogP contribution in [0.2, 0.25) is 0 Å². The van der Waals surface area contributed by atoms with Gasteiger partial charge in [0, 0.05) is 6.04 Å². The predicted molar refractivity (Wildman–Crippen MR) is 60.5 cm³/mol. The fourth-order valence-electron chi connectivity index (χ4n) is 2.70. The average Bonchev–Trinajstić information content (AvgIpc) is 2.86. The van der Waals surface area contributed by atoms with Crippen molar-refractivity contribution in [1.82, 2.24) is 5.32 Å². The highest BCUT2D eigenvalue weighted by atomic mass is 16.5. The third-order valence-corrected chi connectivity index (χ3v) is 3.69. The van der Waals surface area contributed by atoms with Crippen molar-refractivity contribution < 1.29 is 19.4 Å². The molecular formula is C12H19NO4. The second-order valence-corrected chi connectivity index (χ2v) is 5.00. The second kappa shape index (κ2) is 5.04. The molecule has 5 nitrogen and oxygen atoms in total. The molecule has 4 atom stereocenters. The Labute approximate surface area is 101 Å². The highest BCUT2D eigenvalue weighted by Crippen LogP contribution is 2.27. The minimum atomic E-state index is -0.812. The van der Waals surface area contributed by atoms with Crippen LogP contribution in [0.1, 0.15) is 39.0 Å². The van der Waals surface area contributed by atoms with Crippen molar-refractivity contribution in [3.63, 3.8) is 0 Å². The number of carboxylic acid groups (broad SMARTS) is 1. The van der Waals surface area contributed by atoms with Gasteiger partial charge in [0.1, 0.15) is 6.10 Å². The summed E-state index contributed by atoms with van der Waals surface area (Å²) in [5.41, 5.74) is 0. The van der Waals surface area contributed by atoms with E-state index in [4.69, 9.17) is 9.84 Å². The number of carbonyl (C=O) groups excluding carboxylic acids is 1. The number of carbonyl (C=O) groups is 2. The Bertz CT molecular complexity index is 318. The molecule has 0 aromatic heterocycles. The minimum absolute atomic E-state index is 0.129. The maximum atomic E-state index is 11.9. The van der Waals surface area contributed by atoms with Crippen LogP contribution in [-0.4, -0.2) is 35.2 Å². The first-order valence-corrected chi connectivity index (χ1v) is 6.26. The molecule has 1 heterocycles. The fraction of sp³-hybridized carbons (Fsp3) is 0.833. The molecule has 1 saturated carbocycles. The van der Waals surface area contributed by atoms with Crippen LogP contribution in [-0.2, 0) is 14.3 Å². The van der Waals surface area contributed by atoms with Crippen LogP contribution in [0.5, 0.6) is 0 Å². The zero-order valence-corrected chi connectivity index (χ0v) is 10.0. The number of carboxylic acids is 1. The first-order valence-electron chi connectivity index (χ1n) is 6.26. The summed E-state index contributed by atoms with van der Waals surface area (Å²) in [5, 5.41) is 11.8. The number of ether oxygens (including phenoxy) is 1. The molecule has 0 spiro atoms. The summed E-state index contributed by atoms with van der Waals surface area (Å²) in [6.07, 6.45) is 3.64. The summed E-state index contributed by atoms with van der Waals surface area (Å²) in [6, 6.07) is -0.223. The molecule has 17 heavy (non-hydrogen) atoms. The lowest BCUT2D eigenvalue weighted by atomic mass is 10.0. The van der Waals surface area contributed by atoms with Crippen molar-refractivity contribution in [1.29, 1.82) is 0 Å². The lowest BCUT2D eigenvalue weighted by molar-refractivity contribution is -0.142. The molecule has 4 unspecified atom stereocenters. The monoisotopic (exact) mass is 241 g/mol. The molecule has 1 saturated heterocycles. The lowest BCUT2D eigenvalue weighted by Gasteiger charge is -2.20. The summed E-state index contributed by atoms with van der Waals surface area (Å²) in [6.45, 7) is 1.95. The average molecular weight is 241 g/mol. The number of amides is 1. The topological polar surface area (TPSA) is 75.6 Å². The second-order valence-electron chi connectivity index (χ2n) is 5.00. The first-order chi connectivity index (χ1) is 8.08. The summed E-state index contributed by atoms with van der Waals surface area (Å²) >= 11 is 0. The summed E-state index contributed by atoms with van der Waals surface area (Å²) in [5.74, 6) is -1.39. The zero-order valence-electron chi connectivity index (χ0n) is 10.0. The number of hydrogen-bond donors (Lipinski definition) is 2. The largest absolute Gasteiger partial charge is 0.481 e. The Hall–Kier alpha value is -1.10. The van der Waals surface area contributed by atoms with Crippen LogP contribution in [0.4, 0.5) is 0 Å². The van der Waals surface area contributed by atoms with Crippen molar-refractivity contribution in [2.45, 2.75) is 57.3 Å². The van der Waals surface area contributed by atoms with Gasteiger partial charge in [-0.25, -0.2) is 0 Å². The van der Waals surface area contributed by atoms with Crippen molar-refractivity contribution in [2.75, 3.05) is 0 Å². The molecule has 0 radical (unpaired) electrons. The Morgan fingerprint density at radius 3 is 2.59 bits per heavy atom. The lowest BCUT2D eigenvalue weighted by Crippen LogP contribution is -2.44. The van der Waals surface area contributed by atoms with E-state index >= 15 is 0 Å². The van der Waals surface area contributed by atoms with E-state index in [-0.39, 0.29) is 24.2 Å². The molecule has 2 fully saturated rings. The maximum absolute atomic E-state index is 11.9. The number of hydrogen-bond acceptors (Lipinski definition) is 3. The highest BCUT2D eigenvalue weighted by molar-refractivity contribution is 5.82. The van der Waals surface area contributed by atoms with E-state index < -0.39 is 11.9 Å². The van der Waals surface area contributed by atoms with Crippen molar-refractivity contribution in [3.05, 3.63) is 0 Å². The molecular weight excluding hydrogens is 222 g/mol. The van der Waals surface area contributed by atoms with Gasteiger partial charge >= 0.3 is 5.97 Å². The molecule has 1 amide bonds. The van der Waals surface area contributed by atoms with Gasteiger partial charge in [-0.2, -0.15) is 0 Å². The number of aliphatic carboxylic acids is 1. The van der Waals surface area contributed by atoms with Gasteiger partial charge in [0.2, 0.25) is 5.91 Å². The smallest absolute Gasteiger partial charge is 0.308 e. The molecule has 0 bridgehead atoms. The fourth-order valence-corrected chi connectivity index (χ4v) is 2.70. The predicted octanol–water partition coefficient (Wildman–Crippen LogP) is 0.923. The van der Waals surface area contributed by atoms with E-state index in [1.807, 2.05) is 6.92 Å². The van der Waals surface area contributed by atoms with Crippen LogP contribution in [0.15, 0.2) is 0 Å². The van der Waals surface area contributed by atoms with Crippen LogP contribution < -0.4 is 5.32 Å². The molecule has 2 aliphatic rings. The van der Waals surface area contributed by atoms with Crippen molar-refractivity contribution >= 4 is 11.9 Å². The molecule has 1 aliphatic carbocycles. The molecule has 5 heteroatoms. The van der Waals surface area contributed by atoms with Gasteiger partial charge in [0.05, 0.1) is 12.0 Å². The number of nitrogens with one attached hydrogen (secondary N) is 1. The van der Waals surface area contributed by atoms with Crippen LogP contribution in [0.25, 0.3) is 0 Å². The Kier molecular flexibility index (Phi) is 3.66. The Morgan fingerprint density at radius 1 is 1.24 bits per heavy atom. The van der Waals surface area contributed by atoms with Crippen LogP contribution >= 0.6 is 0 Å². The molecule has 0 aromatic carbocycles. The van der Waals surface area contributed by atoms with E-state index in [1.54, 1.807) is 0 Å². The summed E-state index contributed by atoms with van der Waals surface area (Å²) in [7, 11) is 0. The first kappa shape index (κ1) is 12.4. The summed E-state index contributed by atoms with van der Waals surface area (Å²) < 4.78 is 5.47. The number of rotatable bonds is 3. The van der Waals surface area contributed by atoms with Gasteiger partial charge in [-0.3, -0.25) is 9.59 Å². The standard InChI is InChI=1S/C12H19NO4/c1-7-5-6-10(17-7)11(14)13-9-4-2-3-8(9)12(15)16/h7-10H,2-6H2,1H3,(H,13,14)(H,15,16). The third-order valence-electron chi connectivity index (χ3n) is 3.69. The highest BCUT2D eigenvalue weighted by Gasteiger charge is 2.36. The van der Waals surface area contributed by atoms with Crippen LogP contribution in [0, 0.1) is 5.92 Å². The van der Waals surface area contributed by atoms with Gasteiger partial charge in [-0.15, -0.1) is 0 Å². The van der Waals surface area contributed by atoms with E-state index in [0.717, 1.165) is 25.7 Å². The van der Waals surface area contributed by atoms with E-state index in [9.17, 15) is 9.59 Å². The Morgan fingerprint density at radius 2 is 2.00 bits per heavy atom. The summed E-state index contributed by atoms with van der Waals surface area (Å²) in [4.78, 5) is 22.9. The Balaban J connectivity index is 1.88. The molecule has 2 rings (SSSR count). The minimum Gasteiger partial charge on any atom is -0.481 e. The maximum Gasteiger partial charge on any atom is 0.308 e. The third kappa shape index (κ3) is 2.77. The van der Waals surface area contributed by atoms with Crippen LogP contribution in [0.3, 0.4) is 0 Å². The van der Waals surface area contributed by atoms with Crippen molar-refractivity contribution in [2.24, 2.45) is 5.92 Å². The molecule has 0 aromatic rings. The molecule has 1 aliphatic heterocycles. The van der Waals surface area contributed by atoms with Gasteiger partial charge in [0.25, 0.3) is 0 Å². The normalized spacial score (nSPS) is 37.0. The quantitative estimate of drug-likeness (QED) is 0.770. The van der Waals surface area contributed by atoms with Crippen molar-refractivity contribution in [3.8, 4) is 0 Å². The van der Waals surface area contributed by atoms with E-state index in [1.165, 1.54) is 0 Å². The van der Waals surface area contributed by atoms with Gasteiger partial charge in [-0.05, 0) is 32.6 Å². The SMILES string of the molecule is CC1CCC(C(=O)NC2CCCC2C(=O)O)O1. The van der Waals surface area contributed by atoms with Gasteiger partial charge < -0.3 is 15.2 Å². The van der Waals surface area contributed by atoms with E-state index in [0.29, 0.717) is 6.42 Å². The van der Waals surface area contributed by atoms with E-state index in [2.05, 4.69) is 5.32 Å². The van der Waals surface area contributed by atoms with Gasteiger partial charge in [0.15, 0.2) is 0 Å². The van der Waals surface area contributed by atoms with Gasteiger partial charge in [-0.1, -0.05) is 6.42 Å². The molecule has 96 valence electrons.